The summed E-state index contributed by atoms with van der Waals surface area (Å²) in [5.74, 6) is -0.699. The van der Waals surface area contributed by atoms with Gasteiger partial charge in [-0.15, -0.1) is 11.3 Å². The zero-order chi connectivity index (χ0) is 19.6. The first-order valence-electron chi connectivity index (χ1n) is 8.33. The van der Waals surface area contributed by atoms with Crippen molar-refractivity contribution in [3.8, 4) is 10.6 Å². The molecule has 3 nitrogen and oxygen atoms in total. The highest BCUT2D eigenvalue weighted by Crippen LogP contribution is 2.38. The Hall–Kier alpha value is -2.67. The van der Waals surface area contributed by atoms with Crippen molar-refractivity contribution in [2.45, 2.75) is 20.0 Å². The number of benzene rings is 2. The molecule has 0 aliphatic carbocycles. The Bertz CT molecular complexity index is 951. The molecule has 140 valence electrons. The molecule has 3 aromatic rings. The largest absolute Gasteiger partial charge is 0.435 e. The van der Waals surface area contributed by atoms with Gasteiger partial charge in [0.2, 0.25) is 0 Å². The van der Waals surface area contributed by atoms with Crippen molar-refractivity contribution >= 4 is 22.9 Å². The summed E-state index contributed by atoms with van der Waals surface area (Å²) >= 11 is 0.768. The molecule has 1 aromatic heterocycles. The molecule has 27 heavy (non-hydrogen) atoms. The Morgan fingerprint density at radius 2 is 1.81 bits per heavy atom. The molecule has 0 saturated heterocycles. The fourth-order valence-corrected chi connectivity index (χ4v) is 3.76. The van der Waals surface area contributed by atoms with Gasteiger partial charge in [0.1, 0.15) is 9.88 Å². The molecular weight excluding hydrogens is 373 g/mol. The maximum atomic E-state index is 13.5. The molecule has 0 fully saturated rings. The van der Waals surface area contributed by atoms with Crippen molar-refractivity contribution in [1.82, 2.24) is 4.98 Å². The van der Waals surface area contributed by atoms with E-state index in [9.17, 15) is 18.0 Å². The molecule has 0 atom stereocenters. The van der Waals surface area contributed by atoms with E-state index in [1.54, 1.807) is 55.5 Å². The number of amides is 1. The van der Waals surface area contributed by atoms with Gasteiger partial charge in [-0.1, -0.05) is 42.5 Å². The summed E-state index contributed by atoms with van der Waals surface area (Å²) in [5, 5.41) is 0.173. The van der Waals surface area contributed by atoms with Crippen molar-refractivity contribution in [2.24, 2.45) is 0 Å². The predicted octanol–water partition coefficient (Wildman–Crippen LogP) is 5.80. The van der Waals surface area contributed by atoms with Gasteiger partial charge in [0.05, 0.1) is 0 Å². The quantitative estimate of drug-likeness (QED) is 0.564. The van der Waals surface area contributed by atoms with Crippen molar-refractivity contribution < 1.29 is 18.0 Å². The summed E-state index contributed by atoms with van der Waals surface area (Å²) in [5.41, 5.74) is 0.891. The van der Waals surface area contributed by atoms with E-state index < -0.39 is 22.7 Å². The number of halogens is 3. The van der Waals surface area contributed by atoms with E-state index in [2.05, 4.69) is 4.98 Å². The first-order chi connectivity index (χ1) is 12.8. The Morgan fingerprint density at radius 1 is 1.11 bits per heavy atom. The molecule has 0 unspecified atom stereocenters. The number of rotatable bonds is 4. The average Bonchev–Trinajstić information content (AvgIpc) is 3.09. The van der Waals surface area contributed by atoms with Crippen LogP contribution in [0.3, 0.4) is 0 Å². The third-order valence-electron chi connectivity index (χ3n) is 3.99. The van der Waals surface area contributed by atoms with Crippen LogP contribution < -0.4 is 4.90 Å². The smallest absolute Gasteiger partial charge is 0.308 e. The van der Waals surface area contributed by atoms with Crippen molar-refractivity contribution in [3.05, 3.63) is 70.7 Å². The van der Waals surface area contributed by atoms with Crippen LogP contribution in [0.5, 0.6) is 0 Å². The van der Waals surface area contributed by atoms with Crippen LogP contribution in [0.25, 0.3) is 10.6 Å². The van der Waals surface area contributed by atoms with E-state index in [4.69, 9.17) is 0 Å². The van der Waals surface area contributed by atoms with Gasteiger partial charge >= 0.3 is 6.18 Å². The summed E-state index contributed by atoms with van der Waals surface area (Å²) < 4.78 is 40.6. The maximum absolute atomic E-state index is 13.5. The lowest BCUT2D eigenvalue weighted by molar-refractivity contribution is -0.141. The number of hydrogen-bond donors (Lipinski definition) is 0. The molecular formula is C20H17F3N2OS. The lowest BCUT2D eigenvalue weighted by Crippen LogP contribution is -2.31. The van der Waals surface area contributed by atoms with Crippen LogP contribution in [0.2, 0.25) is 0 Å². The molecule has 0 radical (unpaired) electrons. The zero-order valence-corrected chi connectivity index (χ0v) is 15.6. The Balaban J connectivity index is 2.08. The van der Waals surface area contributed by atoms with Crippen LogP contribution >= 0.6 is 11.3 Å². The minimum absolute atomic E-state index is 0.173. The topological polar surface area (TPSA) is 33.2 Å². The number of aromatic nitrogens is 1. The van der Waals surface area contributed by atoms with Crippen LogP contribution in [0.1, 0.15) is 27.9 Å². The molecule has 1 amide bonds. The summed E-state index contributed by atoms with van der Waals surface area (Å²) in [7, 11) is 0. The molecule has 0 saturated carbocycles. The van der Waals surface area contributed by atoms with E-state index in [1.165, 1.54) is 4.90 Å². The monoisotopic (exact) mass is 390 g/mol. The number of aryl methyl sites for hydroxylation is 1. The van der Waals surface area contributed by atoms with Gasteiger partial charge in [0.15, 0.2) is 5.69 Å². The lowest BCUT2D eigenvalue weighted by atomic mass is 10.2. The molecule has 3 rings (SSSR count). The van der Waals surface area contributed by atoms with Gasteiger partial charge in [-0.25, -0.2) is 4.98 Å². The Morgan fingerprint density at radius 3 is 2.41 bits per heavy atom. The van der Waals surface area contributed by atoms with E-state index in [0.717, 1.165) is 16.9 Å². The molecule has 7 heteroatoms. The number of anilines is 1. The third-order valence-corrected chi connectivity index (χ3v) is 5.08. The number of carbonyl (C=O) groups is 1. The van der Waals surface area contributed by atoms with Crippen LogP contribution in [-0.2, 0) is 6.18 Å². The second-order valence-corrected chi connectivity index (χ2v) is 6.95. The number of thiazole rings is 1. The second-order valence-electron chi connectivity index (χ2n) is 5.95. The fourth-order valence-electron chi connectivity index (χ4n) is 2.72. The SMILES string of the molecule is CCN(C(=O)c1sc(-c2ccccc2)nc1C(F)(F)F)c1cccc(C)c1. The first-order valence-corrected chi connectivity index (χ1v) is 9.15. The predicted molar refractivity (Wildman–Crippen MR) is 101 cm³/mol. The number of hydrogen-bond acceptors (Lipinski definition) is 3. The van der Waals surface area contributed by atoms with Gasteiger partial charge in [-0.05, 0) is 31.5 Å². The van der Waals surface area contributed by atoms with E-state index >= 15 is 0 Å². The molecule has 2 aromatic carbocycles. The van der Waals surface area contributed by atoms with Gasteiger partial charge in [-0.3, -0.25) is 4.79 Å². The Kier molecular flexibility index (Phi) is 5.32. The summed E-state index contributed by atoms with van der Waals surface area (Å²) in [6, 6.07) is 15.7. The average molecular weight is 390 g/mol. The third kappa shape index (κ3) is 4.03. The maximum Gasteiger partial charge on any atom is 0.435 e. The van der Waals surface area contributed by atoms with Crippen LogP contribution in [0.4, 0.5) is 18.9 Å². The number of nitrogens with zero attached hydrogens (tertiary/aromatic N) is 2. The minimum Gasteiger partial charge on any atom is -0.308 e. The van der Waals surface area contributed by atoms with Crippen LogP contribution in [-0.4, -0.2) is 17.4 Å². The summed E-state index contributed by atoms with van der Waals surface area (Å²) in [4.78, 5) is 17.7. The first kappa shape index (κ1) is 19.1. The molecule has 0 aliphatic rings. The van der Waals surface area contributed by atoms with Crippen LogP contribution in [0, 0.1) is 6.92 Å². The van der Waals surface area contributed by atoms with E-state index in [1.807, 2.05) is 13.0 Å². The van der Waals surface area contributed by atoms with Gasteiger partial charge in [0.25, 0.3) is 5.91 Å². The highest BCUT2D eigenvalue weighted by atomic mass is 32.1. The molecule has 0 spiro atoms. The normalized spacial score (nSPS) is 11.4. The van der Waals surface area contributed by atoms with Gasteiger partial charge in [0, 0.05) is 17.8 Å². The van der Waals surface area contributed by atoms with E-state index in [0.29, 0.717) is 11.3 Å². The second kappa shape index (κ2) is 7.52. The van der Waals surface area contributed by atoms with Gasteiger partial charge in [-0.2, -0.15) is 13.2 Å². The Labute approximate surface area is 159 Å². The van der Waals surface area contributed by atoms with Crippen molar-refractivity contribution in [1.29, 1.82) is 0 Å². The zero-order valence-electron chi connectivity index (χ0n) is 14.7. The fraction of sp³-hybridized carbons (Fsp3) is 0.200. The number of carbonyl (C=O) groups excluding carboxylic acids is 1. The lowest BCUT2D eigenvalue weighted by Gasteiger charge is -2.21. The minimum atomic E-state index is -4.71. The van der Waals surface area contributed by atoms with Crippen molar-refractivity contribution in [2.75, 3.05) is 11.4 Å². The number of alkyl halides is 3. The summed E-state index contributed by atoms with van der Waals surface area (Å²) in [6.45, 7) is 3.84. The van der Waals surface area contributed by atoms with E-state index in [-0.39, 0.29) is 11.6 Å². The standard InChI is InChI=1S/C20H17F3N2OS/c1-3-25(15-11-7-8-13(2)12-15)19(26)16-17(20(21,22)23)24-18(27-16)14-9-5-4-6-10-14/h4-12H,3H2,1-2H3. The van der Waals surface area contributed by atoms with Crippen molar-refractivity contribution in [3.63, 3.8) is 0 Å². The molecule has 1 heterocycles. The summed E-state index contributed by atoms with van der Waals surface area (Å²) in [6.07, 6.45) is -4.71. The highest BCUT2D eigenvalue weighted by molar-refractivity contribution is 7.17. The molecule has 0 bridgehead atoms. The van der Waals surface area contributed by atoms with Gasteiger partial charge < -0.3 is 4.90 Å². The molecule has 0 aliphatic heterocycles. The molecule has 0 N–H and O–H groups in total. The van der Waals surface area contributed by atoms with Crippen LogP contribution in [0.15, 0.2) is 54.6 Å². The highest BCUT2D eigenvalue weighted by Gasteiger charge is 2.40.